The standard InChI is InChI=1S/C10H12O2S/c1-4-9(12)10-6(2)8(5-13-10)7(3)11/h5H,4H2,1-3H3. The lowest BCUT2D eigenvalue weighted by molar-refractivity contribution is 0.0991. The van der Waals surface area contributed by atoms with E-state index in [1.807, 2.05) is 13.8 Å². The van der Waals surface area contributed by atoms with Crippen LogP contribution in [0.1, 0.15) is 45.9 Å². The van der Waals surface area contributed by atoms with Gasteiger partial charge in [-0.3, -0.25) is 9.59 Å². The highest BCUT2D eigenvalue weighted by Crippen LogP contribution is 2.23. The van der Waals surface area contributed by atoms with Crippen molar-refractivity contribution < 1.29 is 9.59 Å². The number of thiophene rings is 1. The molecule has 0 aromatic carbocycles. The molecule has 0 bridgehead atoms. The van der Waals surface area contributed by atoms with Crippen LogP contribution in [0, 0.1) is 6.92 Å². The summed E-state index contributed by atoms with van der Waals surface area (Å²) in [6.07, 6.45) is 0.499. The summed E-state index contributed by atoms with van der Waals surface area (Å²) in [6.45, 7) is 5.18. The Morgan fingerprint density at radius 1 is 1.46 bits per heavy atom. The molecule has 0 aliphatic carbocycles. The molecule has 2 nitrogen and oxygen atoms in total. The molecular weight excluding hydrogens is 184 g/mol. The van der Waals surface area contributed by atoms with E-state index in [4.69, 9.17) is 0 Å². The Morgan fingerprint density at radius 3 is 2.46 bits per heavy atom. The Morgan fingerprint density at radius 2 is 2.08 bits per heavy atom. The molecule has 1 aromatic rings. The SMILES string of the molecule is CCC(=O)c1scc(C(C)=O)c1C. The van der Waals surface area contributed by atoms with Crippen LogP contribution in [0.25, 0.3) is 0 Å². The van der Waals surface area contributed by atoms with E-state index < -0.39 is 0 Å². The molecule has 0 N–H and O–H groups in total. The molecule has 0 spiro atoms. The van der Waals surface area contributed by atoms with E-state index in [0.29, 0.717) is 12.0 Å². The van der Waals surface area contributed by atoms with Gasteiger partial charge in [0.15, 0.2) is 11.6 Å². The molecule has 0 aliphatic heterocycles. The topological polar surface area (TPSA) is 34.1 Å². The zero-order valence-corrected chi connectivity index (χ0v) is 8.83. The first kappa shape index (κ1) is 10.1. The van der Waals surface area contributed by atoms with Gasteiger partial charge >= 0.3 is 0 Å². The van der Waals surface area contributed by atoms with Crippen LogP contribution in [0.5, 0.6) is 0 Å². The lowest BCUT2D eigenvalue weighted by Crippen LogP contribution is -1.98. The van der Waals surface area contributed by atoms with Gasteiger partial charge in [0.2, 0.25) is 0 Å². The highest BCUT2D eigenvalue weighted by molar-refractivity contribution is 7.12. The number of ketones is 2. The van der Waals surface area contributed by atoms with Crippen LogP contribution >= 0.6 is 11.3 Å². The molecule has 1 heterocycles. The molecule has 0 saturated heterocycles. The Hall–Kier alpha value is -0.960. The van der Waals surface area contributed by atoms with Gasteiger partial charge in [-0.2, -0.15) is 0 Å². The first-order valence-corrected chi connectivity index (χ1v) is 5.08. The maximum Gasteiger partial charge on any atom is 0.172 e. The first-order valence-electron chi connectivity index (χ1n) is 4.20. The maximum atomic E-state index is 11.4. The number of carbonyl (C=O) groups is 2. The number of rotatable bonds is 3. The molecule has 0 amide bonds. The molecule has 0 atom stereocenters. The minimum atomic E-state index is 0.0314. The second-order valence-electron chi connectivity index (χ2n) is 2.94. The van der Waals surface area contributed by atoms with Gasteiger partial charge in [0, 0.05) is 17.4 Å². The third-order valence-corrected chi connectivity index (χ3v) is 3.12. The molecule has 1 rings (SSSR count). The summed E-state index contributed by atoms with van der Waals surface area (Å²) in [7, 11) is 0. The van der Waals surface area contributed by atoms with E-state index in [1.165, 1.54) is 18.3 Å². The van der Waals surface area contributed by atoms with Crippen molar-refractivity contribution in [1.29, 1.82) is 0 Å². The van der Waals surface area contributed by atoms with E-state index in [2.05, 4.69) is 0 Å². The van der Waals surface area contributed by atoms with Crippen molar-refractivity contribution in [3.63, 3.8) is 0 Å². The minimum Gasteiger partial charge on any atom is -0.294 e. The van der Waals surface area contributed by atoms with Gasteiger partial charge in [-0.1, -0.05) is 6.92 Å². The van der Waals surface area contributed by atoms with Crippen LogP contribution in [0.2, 0.25) is 0 Å². The molecule has 0 radical (unpaired) electrons. The minimum absolute atomic E-state index is 0.0314. The van der Waals surface area contributed by atoms with E-state index in [9.17, 15) is 9.59 Å². The van der Waals surface area contributed by atoms with Gasteiger partial charge in [-0.15, -0.1) is 11.3 Å². The quantitative estimate of drug-likeness (QED) is 0.696. The van der Waals surface area contributed by atoms with Crippen LogP contribution in [0.4, 0.5) is 0 Å². The van der Waals surface area contributed by atoms with Crippen molar-refractivity contribution in [1.82, 2.24) is 0 Å². The summed E-state index contributed by atoms with van der Waals surface area (Å²) >= 11 is 1.37. The Balaban J connectivity index is 3.13. The van der Waals surface area contributed by atoms with Gasteiger partial charge in [0.25, 0.3) is 0 Å². The second-order valence-corrected chi connectivity index (χ2v) is 3.82. The van der Waals surface area contributed by atoms with Crippen LogP contribution in [-0.2, 0) is 0 Å². The summed E-state index contributed by atoms with van der Waals surface area (Å²) in [4.78, 5) is 23.2. The molecule has 13 heavy (non-hydrogen) atoms. The Kier molecular flexibility index (Phi) is 2.98. The average molecular weight is 196 g/mol. The van der Waals surface area contributed by atoms with Crippen molar-refractivity contribution >= 4 is 22.9 Å². The number of hydrogen-bond acceptors (Lipinski definition) is 3. The van der Waals surface area contributed by atoms with Crippen LogP contribution in [0.15, 0.2) is 5.38 Å². The average Bonchev–Trinajstić information content (AvgIpc) is 2.46. The second kappa shape index (κ2) is 3.83. The van der Waals surface area contributed by atoms with Crippen LogP contribution in [-0.4, -0.2) is 11.6 Å². The van der Waals surface area contributed by atoms with Gasteiger partial charge < -0.3 is 0 Å². The lowest BCUT2D eigenvalue weighted by atomic mass is 10.1. The molecule has 0 fully saturated rings. The zero-order valence-electron chi connectivity index (χ0n) is 8.01. The fourth-order valence-corrected chi connectivity index (χ4v) is 2.34. The van der Waals surface area contributed by atoms with Gasteiger partial charge in [-0.05, 0) is 19.4 Å². The van der Waals surface area contributed by atoms with E-state index in [0.717, 1.165) is 10.4 Å². The monoisotopic (exact) mass is 196 g/mol. The Bertz CT molecular complexity index is 350. The highest BCUT2D eigenvalue weighted by atomic mass is 32.1. The molecule has 0 unspecified atom stereocenters. The summed E-state index contributed by atoms with van der Waals surface area (Å²) in [5.74, 6) is 0.152. The molecule has 70 valence electrons. The zero-order chi connectivity index (χ0) is 10.0. The molecule has 0 saturated carbocycles. The Labute approximate surface area is 81.6 Å². The summed E-state index contributed by atoms with van der Waals surface area (Å²) in [5, 5.41) is 1.76. The normalized spacial score (nSPS) is 10.1. The largest absolute Gasteiger partial charge is 0.294 e. The van der Waals surface area contributed by atoms with E-state index in [-0.39, 0.29) is 11.6 Å². The fourth-order valence-electron chi connectivity index (χ4n) is 1.20. The van der Waals surface area contributed by atoms with E-state index >= 15 is 0 Å². The summed E-state index contributed by atoms with van der Waals surface area (Å²) in [6, 6.07) is 0. The molecule has 0 aliphatic rings. The van der Waals surface area contributed by atoms with E-state index in [1.54, 1.807) is 5.38 Å². The predicted octanol–water partition coefficient (Wildman–Crippen LogP) is 2.85. The smallest absolute Gasteiger partial charge is 0.172 e. The maximum absolute atomic E-state index is 11.4. The lowest BCUT2D eigenvalue weighted by Gasteiger charge is -1.96. The van der Waals surface area contributed by atoms with Crippen molar-refractivity contribution in [2.24, 2.45) is 0 Å². The van der Waals surface area contributed by atoms with Crippen LogP contribution < -0.4 is 0 Å². The van der Waals surface area contributed by atoms with Gasteiger partial charge in [0.1, 0.15) is 0 Å². The summed E-state index contributed by atoms with van der Waals surface area (Å²) < 4.78 is 0. The van der Waals surface area contributed by atoms with Crippen LogP contribution in [0.3, 0.4) is 0 Å². The number of Topliss-reactive ketones (excluding diaryl/α,β-unsaturated/α-hetero) is 2. The molecular formula is C10H12O2S. The van der Waals surface area contributed by atoms with Crippen molar-refractivity contribution in [2.45, 2.75) is 27.2 Å². The number of hydrogen-bond donors (Lipinski definition) is 0. The third-order valence-electron chi connectivity index (χ3n) is 1.99. The van der Waals surface area contributed by atoms with Crippen molar-refractivity contribution in [3.8, 4) is 0 Å². The first-order chi connectivity index (χ1) is 6.07. The third kappa shape index (κ3) is 1.86. The highest BCUT2D eigenvalue weighted by Gasteiger charge is 2.14. The fraction of sp³-hybridized carbons (Fsp3) is 0.400. The van der Waals surface area contributed by atoms with Crippen molar-refractivity contribution in [2.75, 3.05) is 0 Å². The van der Waals surface area contributed by atoms with Gasteiger partial charge in [0.05, 0.1) is 4.88 Å². The number of carbonyl (C=O) groups excluding carboxylic acids is 2. The molecule has 1 aromatic heterocycles. The predicted molar refractivity (Wildman–Crippen MR) is 53.7 cm³/mol. The summed E-state index contributed by atoms with van der Waals surface area (Å²) in [5.41, 5.74) is 1.52. The molecule has 3 heteroatoms. The van der Waals surface area contributed by atoms with Crippen molar-refractivity contribution in [3.05, 3.63) is 21.4 Å². The van der Waals surface area contributed by atoms with Gasteiger partial charge in [-0.25, -0.2) is 0 Å².